The molecule has 4 atom stereocenters. The Bertz CT molecular complexity index is 2290. The number of carbonyl (C=O) groups is 5. The first-order valence-corrected chi connectivity index (χ1v) is 21.8. The summed E-state index contributed by atoms with van der Waals surface area (Å²) in [6.45, 7) is 8.94. The van der Waals surface area contributed by atoms with Crippen molar-refractivity contribution in [3.05, 3.63) is 114 Å². The molecule has 13 heteroatoms. The van der Waals surface area contributed by atoms with Gasteiger partial charge in [0.05, 0.1) is 17.8 Å². The van der Waals surface area contributed by atoms with Gasteiger partial charge >= 0.3 is 6.09 Å². The van der Waals surface area contributed by atoms with Crippen LogP contribution in [0.1, 0.15) is 102 Å². The number of rotatable bonds is 13. The van der Waals surface area contributed by atoms with Crippen LogP contribution >= 0.6 is 0 Å². The van der Waals surface area contributed by atoms with Gasteiger partial charge < -0.3 is 40.7 Å². The number of hydrogen-bond donors (Lipinski definition) is 4. The Hall–Kier alpha value is -6.63. The van der Waals surface area contributed by atoms with Gasteiger partial charge in [0.2, 0.25) is 23.6 Å². The van der Waals surface area contributed by atoms with Gasteiger partial charge in [0.25, 0.3) is 0 Å². The van der Waals surface area contributed by atoms with Gasteiger partial charge in [-0.3, -0.25) is 19.2 Å². The van der Waals surface area contributed by atoms with E-state index in [1.54, 1.807) is 21.9 Å². The number of nitrogens with one attached hydrogen (secondary N) is 4. The summed E-state index contributed by atoms with van der Waals surface area (Å²) in [5, 5.41) is 13.1. The highest BCUT2D eigenvalue weighted by atomic mass is 16.6. The van der Waals surface area contributed by atoms with E-state index in [0.29, 0.717) is 55.9 Å². The molecular weight excluding hydrogens is 783 g/mol. The van der Waals surface area contributed by atoms with Crippen molar-refractivity contribution >= 4 is 63.8 Å². The molecule has 3 aliphatic rings. The number of hydrogen-bond acceptors (Lipinski definition) is 8. The minimum absolute atomic E-state index is 0.00135. The van der Waals surface area contributed by atoms with E-state index < -0.39 is 6.09 Å². The second-order valence-corrected chi connectivity index (χ2v) is 16.3. The topological polar surface area (TPSA) is 152 Å². The van der Waals surface area contributed by atoms with Crippen molar-refractivity contribution < 1.29 is 28.7 Å². The van der Waals surface area contributed by atoms with Crippen molar-refractivity contribution in [1.82, 2.24) is 4.90 Å². The standard InChI is InChI=1S/C49H57N7O6/c1-5-47(59)55-32(3)29-41(39-13-8-9-14-43(39)55)50-34-17-21-36(22-18-34)52-45(57)15-12-16-46(58)53-37-23-19-35(20-24-37)51-42-30-33(4)56(48(60)6-2)44-31-38(25-26-40(42)44)62-49(61)54-27-10-7-11-28-54/h7-10,13-14,17-26,31-33,41-42,50-51H,5-6,11-12,15-16,27-30H2,1-4H3,(H,52,57)(H,53,58)/t32-,33?,41+,42?/m0/s1. The van der Waals surface area contributed by atoms with E-state index in [-0.39, 0.29) is 60.6 Å². The van der Waals surface area contributed by atoms with Crippen LogP contribution in [0, 0.1) is 0 Å². The molecule has 13 nitrogen and oxygen atoms in total. The summed E-state index contributed by atoms with van der Waals surface area (Å²) in [6, 6.07) is 28.4. The van der Waals surface area contributed by atoms with Crippen molar-refractivity contribution in [3.63, 3.8) is 0 Å². The molecule has 62 heavy (non-hydrogen) atoms. The molecule has 5 amide bonds. The third kappa shape index (κ3) is 10.3. The van der Waals surface area contributed by atoms with Crippen LogP contribution in [-0.4, -0.2) is 59.8 Å². The van der Waals surface area contributed by atoms with Gasteiger partial charge in [-0.1, -0.05) is 50.3 Å². The van der Waals surface area contributed by atoms with Gasteiger partial charge in [0, 0.05) is 85.4 Å². The van der Waals surface area contributed by atoms with Crippen molar-refractivity contribution in [2.45, 2.75) is 103 Å². The number of amides is 5. The van der Waals surface area contributed by atoms with E-state index in [9.17, 15) is 24.0 Å². The van der Waals surface area contributed by atoms with E-state index in [1.165, 1.54) is 0 Å². The summed E-state index contributed by atoms with van der Waals surface area (Å²) >= 11 is 0. The van der Waals surface area contributed by atoms with Crippen LogP contribution in [-0.2, 0) is 19.2 Å². The molecule has 0 saturated carbocycles. The van der Waals surface area contributed by atoms with Crippen molar-refractivity contribution in [2.24, 2.45) is 0 Å². The largest absolute Gasteiger partial charge is 0.415 e. The van der Waals surface area contributed by atoms with Gasteiger partial charge in [-0.15, -0.1) is 0 Å². The maximum absolute atomic E-state index is 13.1. The Labute approximate surface area is 363 Å². The minimum atomic E-state index is -0.414. The predicted molar refractivity (Wildman–Crippen MR) is 245 cm³/mol. The Kier molecular flexibility index (Phi) is 13.9. The Morgan fingerprint density at radius 3 is 1.68 bits per heavy atom. The third-order valence-corrected chi connectivity index (χ3v) is 11.7. The number of ether oxygens (including phenoxy) is 1. The summed E-state index contributed by atoms with van der Waals surface area (Å²) in [5.41, 5.74) is 6.75. The van der Waals surface area contributed by atoms with E-state index >= 15 is 0 Å². The number of carbonyl (C=O) groups excluding carboxylic acids is 5. The van der Waals surface area contributed by atoms with Gasteiger partial charge in [-0.25, -0.2) is 4.79 Å². The lowest BCUT2D eigenvalue weighted by Gasteiger charge is -2.40. The molecule has 0 saturated heterocycles. The first-order chi connectivity index (χ1) is 30.0. The summed E-state index contributed by atoms with van der Waals surface area (Å²) in [7, 11) is 0. The molecule has 0 spiro atoms. The van der Waals surface area contributed by atoms with Crippen LogP contribution in [0.5, 0.6) is 5.75 Å². The van der Waals surface area contributed by atoms with Gasteiger partial charge in [-0.2, -0.15) is 0 Å². The lowest BCUT2D eigenvalue weighted by Crippen LogP contribution is -2.44. The first-order valence-electron chi connectivity index (χ1n) is 21.8. The highest BCUT2D eigenvalue weighted by Crippen LogP contribution is 2.42. The molecule has 3 aliphatic heterocycles. The molecule has 3 heterocycles. The fourth-order valence-electron chi connectivity index (χ4n) is 8.62. The molecule has 0 fully saturated rings. The molecule has 7 rings (SSSR count). The molecule has 0 bridgehead atoms. The third-order valence-electron chi connectivity index (χ3n) is 11.7. The van der Waals surface area contributed by atoms with Crippen LogP contribution in [0.3, 0.4) is 0 Å². The van der Waals surface area contributed by atoms with Crippen molar-refractivity contribution in [2.75, 3.05) is 44.2 Å². The van der Waals surface area contributed by atoms with Gasteiger partial charge in [0.15, 0.2) is 0 Å². The van der Waals surface area contributed by atoms with E-state index in [1.807, 2.05) is 111 Å². The molecule has 0 aromatic heterocycles. The summed E-state index contributed by atoms with van der Waals surface area (Å²) in [4.78, 5) is 69.7. The average molecular weight is 840 g/mol. The van der Waals surface area contributed by atoms with Crippen LogP contribution in [0.4, 0.5) is 38.9 Å². The van der Waals surface area contributed by atoms with Crippen LogP contribution in [0.2, 0.25) is 0 Å². The summed E-state index contributed by atoms with van der Waals surface area (Å²) in [5.74, 6) is 0.155. The lowest BCUT2D eigenvalue weighted by molar-refractivity contribution is -0.119. The molecular formula is C49H57N7O6. The maximum atomic E-state index is 13.1. The summed E-state index contributed by atoms with van der Waals surface area (Å²) < 4.78 is 5.75. The Morgan fingerprint density at radius 2 is 1.15 bits per heavy atom. The number of para-hydroxylation sites is 1. The van der Waals surface area contributed by atoms with Crippen LogP contribution in [0.25, 0.3) is 0 Å². The number of fused-ring (bicyclic) bond motifs is 2. The zero-order valence-corrected chi connectivity index (χ0v) is 36.0. The monoisotopic (exact) mass is 839 g/mol. The second kappa shape index (κ2) is 19.8. The van der Waals surface area contributed by atoms with Gasteiger partial charge in [0.1, 0.15) is 5.75 Å². The zero-order valence-electron chi connectivity index (χ0n) is 36.0. The normalized spacial score (nSPS) is 19.1. The quantitative estimate of drug-likeness (QED) is 0.0972. The highest BCUT2D eigenvalue weighted by Gasteiger charge is 2.35. The molecule has 324 valence electrons. The fraction of sp³-hybridized carbons (Fsp3) is 0.367. The lowest BCUT2D eigenvalue weighted by atomic mass is 9.91. The molecule has 4 aromatic carbocycles. The van der Waals surface area contributed by atoms with E-state index in [2.05, 4.69) is 34.3 Å². The van der Waals surface area contributed by atoms with Gasteiger partial charge in [-0.05, 0) is 111 Å². The van der Waals surface area contributed by atoms with Crippen LogP contribution < -0.4 is 35.8 Å². The SMILES string of the molecule is CCC(=O)N1c2cc(OC(=O)N3CC=CCC3)ccc2C(Nc2ccc(NC(=O)CCCC(=O)Nc3ccc(N[C@@H]4C[C@H](C)N(C(=O)CC)c5ccccc54)cc3)cc2)CC1C. The summed E-state index contributed by atoms with van der Waals surface area (Å²) in [6.07, 6.45) is 7.40. The maximum Gasteiger partial charge on any atom is 0.415 e. The zero-order chi connectivity index (χ0) is 43.8. The fourth-order valence-corrected chi connectivity index (χ4v) is 8.62. The smallest absolute Gasteiger partial charge is 0.410 e. The molecule has 0 radical (unpaired) electrons. The van der Waals surface area contributed by atoms with Crippen LogP contribution in [0.15, 0.2) is 103 Å². The number of benzene rings is 4. The second-order valence-electron chi connectivity index (χ2n) is 16.3. The van der Waals surface area contributed by atoms with Crippen molar-refractivity contribution in [3.8, 4) is 5.75 Å². The average Bonchev–Trinajstić information content (AvgIpc) is 3.27. The molecule has 2 unspecified atom stereocenters. The number of nitrogens with zero attached hydrogens (tertiary/aromatic N) is 3. The van der Waals surface area contributed by atoms with Crippen molar-refractivity contribution in [1.29, 1.82) is 0 Å². The Morgan fingerprint density at radius 1 is 0.629 bits per heavy atom. The first kappa shape index (κ1) is 43.5. The Balaban J connectivity index is 0.876. The molecule has 0 aliphatic carbocycles. The minimum Gasteiger partial charge on any atom is -0.410 e. The molecule has 4 N–H and O–H groups in total. The predicted octanol–water partition coefficient (Wildman–Crippen LogP) is 9.57. The van der Waals surface area contributed by atoms with E-state index in [0.717, 1.165) is 46.7 Å². The molecule has 4 aromatic rings. The van der Waals surface area contributed by atoms with E-state index in [4.69, 9.17) is 4.74 Å². The highest BCUT2D eigenvalue weighted by molar-refractivity contribution is 5.97. The number of anilines is 6.